The number of amides is 1. The van der Waals surface area contributed by atoms with Crippen LogP contribution in [-0.4, -0.2) is 12.1 Å². The van der Waals surface area contributed by atoms with E-state index in [0.717, 1.165) is 17.8 Å². The highest BCUT2D eigenvalue weighted by Gasteiger charge is 2.09. The number of carbonyl (C=O) groups excluding carboxylic acids is 3. The average molecular weight is 314 g/mol. The van der Waals surface area contributed by atoms with Gasteiger partial charge in [-0.15, -0.1) is 0 Å². The van der Waals surface area contributed by atoms with Crippen molar-refractivity contribution in [3.8, 4) is 0 Å². The van der Waals surface area contributed by atoms with Crippen LogP contribution < -0.4 is 11.1 Å². The van der Waals surface area contributed by atoms with Crippen molar-refractivity contribution in [3.63, 3.8) is 0 Å². The van der Waals surface area contributed by atoms with Gasteiger partial charge in [0.1, 0.15) is 0 Å². The van der Waals surface area contributed by atoms with Crippen LogP contribution in [0.3, 0.4) is 0 Å². The Hall–Kier alpha value is -2.91. The van der Waals surface area contributed by atoms with Gasteiger partial charge < -0.3 is 11.1 Å². The normalized spacial score (nSPS) is 9.83. The second kappa shape index (κ2) is 12.8. The van der Waals surface area contributed by atoms with Gasteiger partial charge in [-0.3, -0.25) is 4.79 Å². The van der Waals surface area contributed by atoms with Gasteiger partial charge in [0, 0.05) is 17.3 Å². The average Bonchev–Trinajstić information content (AvgIpc) is 2.57. The van der Waals surface area contributed by atoms with E-state index in [1.165, 1.54) is 0 Å². The lowest BCUT2D eigenvalue weighted by atomic mass is 10.1. The van der Waals surface area contributed by atoms with Crippen molar-refractivity contribution >= 4 is 23.4 Å². The van der Waals surface area contributed by atoms with Gasteiger partial charge in [0.25, 0.3) is 0 Å². The molecule has 122 valence electrons. The van der Waals surface area contributed by atoms with E-state index in [9.17, 15) is 4.79 Å². The third-order valence-electron chi connectivity index (χ3n) is 2.90. The Morgan fingerprint density at radius 2 is 1.48 bits per heavy atom. The summed E-state index contributed by atoms with van der Waals surface area (Å²) in [5.74, 6) is 0.175. The van der Waals surface area contributed by atoms with E-state index in [0.29, 0.717) is 0 Å². The summed E-state index contributed by atoms with van der Waals surface area (Å²) in [6.07, 6.45) is 1.12. The largest absolute Gasteiger partial charge is 0.399 e. The summed E-state index contributed by atoms with van der Waals surface area (Å²) in [6, 6.07) is 19.0. The molecular weight excluding hydrogens is 292 g/mol. The molecule has 0 bridgehead atoms. The van der Waals surface area contributed by atoms with Crippen LogP contribution >= 0.6 is 0 Å². The Morgan fingerprint density at radius 1 is 1.04 bits per heavy atom. The molecule has 5 nitrogen and oxygen atoms in total. The van der Waals surface area contributed by atoms with Gasteiger partial charge >= 0.3 is 6.15 Å². The molecule has 2 aromatic carbocycles. The summed E-state index contributed by atoms with van der Waals surface area (Å²) in [7, 11) is 0. The lowest BCUT2D eigenvalue weighted by molar-refractivity contribution is -0.191. The van der Waals surface area contributed by atoms with Crippen LogP contribution in [0.25, 0.3) is 0 Å². The molecule has 0 aliphatic heterocycles. The van der Waals surface area contributed by atoms with Crippen molar-refractivity contribution in [3.05, 3.63) is 60.7 Å². The summed E-state index contributed by atoms with van der Waals surface area (Å²) < 4.78 is 0. The van der Waals surface area contributed by atoms with E-state index in [2.05, 4.69) is 5.32 Å². The molecule has 0 spiro atoms. The van der Waals surface area contributed by atoms with Gasteiger partial charge in [-0.2, -0.15) is 9.59 Å². The Kier molecular flexibility index (Phi) is 11.2. The number of hydrogen-bond donors (Lipinski definition) is 2. The molecule has 0 aromatic heterocycles. The third-order valence-corrected chi connectivity index (χ3v) is 2.90. The maximum atomic E-state index is 11.4. The van der Waals surface area contributed by atoms with Crippen LogP contribution in [-0.2, 0) is 14.4 Å². The quantitative estimate of drug-likeness (QED) is 0.850. The van der Waals surface area contributed by atoms with Crippen LogP contribution in [0.4, 0.5) is 11.4 Å². The van der Waals surface area contributed by atoms with Crippen molar-refractivity contribution in [1.29, 1.82) is 0 Å². The minimum atomic E-state index is 0.0835. The molecule has 1 atom stereocenters. The number of para-hydroxylation sites is 2. The summed E-state index contributed by atoms with van der Waals surface area (Å²) in [5.41, 5.74) is 7.05. The number of rotatable bonds is 3. The second-order valence-corrected chi connectivity index (χ2v) is 4.66. The first-order valence-electron chi connectivity index (χ1n) is 7.20. The Bertz CT molecular complexity index is 580. The molecule has 0 aliphatic rings. The SMILES string of the molecule is CCC(C)C(=O)Nc1ccccc1.Nc1ccccc1.O=C=O. The fourth-order valence-electron chi connectivity index (χ4n) is 1.43. The highest BCUT2D eigenvalue weighted by atomic mass is 16.2. The van der Waals surface area contributed by atoms with Crippen molar-refractivity contribution < 1.29 is 14.4 Å². The smallest absolute Gasteiger partial charge is 0.373 e. The summed E-state index contributed by atoms with van der Waals surface area (Å²) in [6.45, 7) is 3.94. The van der Waals surface area contributed by atoms with E-state index >= 15 is 0 Å². The zero-order valence-electron chi connectivity index (χ0n) is 13.4. The van der Waals surface area contributed by atoms with Crippen LogP contribution in [0.5, 0.6) is 0 Å². The first-order valence-corrected chi connectivity index (χ1v) is 7.20. The summed E-state index contributed by atoms with van der Waals surface area (Å²) in [4.78, 5) is 27.7. The van der Waals surface area contributed by atoms with Crippen LogP contribution in [0.2, 0.25) is 0 Å². The molecule has 2 rings (SSSR count). The van der Waals surface area contributed by atoms with E-state index in [4.69, 9.17) is 15.3 Å². The van der Waals surface area contributed by atoms with Gasteiger partial charge in [-0.1, -0.05) is 50.2 Å². The topological polar surface area (TPSA) is 89.3 Å². The van der Waals surface area contributed by atoms with Crippen LogP contribution in [0.1, 0.15) is 20.3 Å². The Balaban J connectivity index is 0.000000404. The zero-order valence-corrected chi connectivity index (χ0v) is 13.4. The molecule has 1 unspecified atom stereocenters. The molecule has 0 radical (unpaired) electrons. The Labute approximate surface area is 136 Å². The van der Waals surface area contributed by atoms with Crippen molar-refractivity contribution in [2.45, 2.75) is 20.3 Å². The van der Waals surface area contributed by atoms with Gasteiger partial charge in [0.05, 0.1) is 0 Å². The third kappa shape index (κ3) is 10.5. The number of nitrogens with two attached hydrogens (primary N) is 1. The molecule has 0 saturated carbocycles. The van der Waals surface area contributed by atoms with Gasteiger partial charge in [0.15, 0.2) is 0 Å². The lowest BCUT2D eigenvalue weighted by Crippen LogP contribution is -2.19. The van der Waals surface area contributed by atoms with Crippen molar-refractivity contribution in [2.75, 3.05) is 11.1 Å². The molecule has 23 heavy (non-hydrogen) atoms. The zero-order chi connectivity index (χ0) is 17.5. The lowest BCUT2D eigenvalue weighted by Gasteiger charge is -2.09. The maximum absolute atomic E-state index is 11.4. The van der Waals surface area contributed by atoms with Crippen LogP contribution in [0.15, 0.2) is 60.7 Å². The second-order valence-electron chi connectivity index (χ2n) is 4.66. The van der Waals surface area contributed by atoms with Gasteiger partial charge in [0.2, 0.25) is 5.91 Å². The summed E-state index contributed by atoms with van der Waals surface area (Å²) >= 11 is 0. The first-order chi connectivity index (χ1) is 11.0. The van der Waals surface area contributed by atoms with E-state index in [-0.39, 0.29) is 18.0 Å². The highest BCUT2D eigenvalue weighted by molar-refractivity contribution is 5.92. The van der Waals surface area contributed by atoms with Crippen molar-refractivity contribution in [1.82, 2.24) is 0 Å². The number of carbonyl (C=O) groups is 1. The molecule has 5 heteroatoms. The van der Waals surface area contributed by atoms with E-state index < -0.39 is 0 Å². The van der Waals surface area contributed by atoms with Crippen molar-refractivity contribution in [2.24, 2.45) is 5.92 Å². The molecule has 2 aromatic rings. The number of benzene rings is 2. The Morgan fingerprint density at radius 3 is 1.83 bits per heavy atom. The number of anilines is 2. The molecule has 0 saturated heterocycles. The van der Waals surface area contributed by atoms with Gasteiger partial charge in [-0.05, 0) is 30.7 Å². The number of nitrogen functional groups attached to an aromatic ring is 1. The fraction of sp³-hybridized carbons (Fsp3) is 0.222. The van der Waals surface area contributed by atoms with E-state index in [1.807, 2.05) is 74.5 Å². The maximum Gasteiger partial charge on any atom is 0.373 e. The standard InChI is InChI=1S/C11H15NO.C6H7N.CO2/c1-3-9(2)11(13)12-10-7-5-4-6-8-10;7-6-4-2-1-3-5-6;2-1-3/h4-9H,3H2,1-2H3,(H,12,13);1-5H,7H2;. The minimum absolute atomic E-state index is 0.0835. The van der Waals surface area contributed by atoms with Gasteiger partial charge in [-0.25, -0.2) is 0 Å². The summed E-state index contributed by atoms with van der Waals surface area (Å²) in [5, 5.41) is 2.85. The highest BCUT2D eigenvalue weighted by Crippen LogP contribution is 2.09. The molecule has 1 amide bonds. The molecular formula is C18H22N2O3. The monoisotopic (exact) mass is 314 g/mol. The first kappa shape index (κ1) is 20.1. The molecule has 0 aliphatic carbocycles. The molecule has 0 fully saturated rings. The number of nitrogens with one attached hydrogen (secondary N) is 1. The molecule has 0 heterocycles. The predicted molar refractivity (Wildman–Crippen MR) is 90.4 cm³/mol. The number of hydrogen-bond acceptors (Lipinski definition) is 4. The van der Waals surface area contributed by atoms with Crippen LogP contribution in [0, 0.1) is 5.92 Å². The van der Waals surface area contributed by atoms with E-state index in [1.54, 1.807) is 0 Å². The predicted octanol–water partition coefficient (Wildman–Crippen LogP) is 3.36. The fourth-order valence-corrected chi connectivity index (χ4v) is 1.43. The molecule has 3 N–H and O–H groups in total. The minimum Gasteiger partial charge on any atom is -0.399 e.